The van der Waals surface area contributed by atoms with E-state index in [1.807, 2.05) is 0 Å². The molecule has 0 saturated carbocycles. The van der Waals surface area contributed by atoms with Gasteiger partial charge >= 0.3 is 0 Å². The first-order valence-electron chi connectivity index (χ1n) is 18.2. The van der Waals surface area contributed by atoms with E-state index in [1.165, 1.54) is 67.2 Å². The Bertz CT molecular complexity index is 2240. The van der Waals surface area contributed by atoms with Gasteiger partial charge in [-0.2, -0.15) is 0 Å². The summed E-state index contributed by atoms with van der Waals surface area (Å²) in [6.45, 7) is 0. The van der Waals surface area contributed by atoms with E-state index >= 15 is 0 Å². The zero-order chi connectivity index (χ0) is 35.8. The Morgan fingerprint density at radius 3 is 0.778 bits per heavy atom. The molecule has 0 saturated heterocycles. The minimum Gasteiger partial charge on any atom is -0.297 e. The number of para-hydroxylation sites is 8. The number of fused-ring (bicyclic) bond motifs is 2. The predicted molar refractivity (Wildman–Crippen MR) is 232 cm³/mol. The highest BCUT2D eigenvalue weighted by molar-refractivity contribution is 7.70. The van der Waals surface area contributed by atoms with Crippen molar-refractivity contribution >= 4 is 72.6 Å². The third kappa shape index (κ3) is 5.63. The largest absolute Gasteiger partial charge is 0.297 e. The quantitative estimate of drug-likeness (QED) is 0.151. The van der Waals surface area contributed by atoms with E-state index in [-0.39, 0.29) is 0 Å². The highest BCUT2D eigenvalue weighted by atomic mass is 31.1. The summed E-state index contributed by atoms with van der Waals surface area (Å²) < 4.78 is 10.2. The Morgan fingerprint density at radius 1 is 0.241 bits per heavy atom. The van der Waals surface area contributed by atoms with Crippen LogP contribution in [0, 0.1) is 0 Å². The van der Waals surface area contributed by atoms with Crippen molar-refractivity contribution in [3.05, 3.63) is 218 Å². The summed E-state index contributed by atoms with van der Waals surface area (Å²) in [4.78, 5) is 0. The smallest absolute Gasteiger partial charge is 0.138 e. The third-order valence-corrected chi connectivity index (χ3v) is 14.7. The second kappa shape index (κ2) is 14.0. The molecule has 0 aliphatic carbocycles. The van der Waals surface area contributed by atoms with Gasteiger partial charge in [-0.05, 0) is 96.1 Å². The predicted octanol–water partition coefficient (Wildman–Crippen LogP) is 13.2. The maximum atomic E-state index is 2.54. The summed E-state index contributed by atoms with van der Waals surface area (Å²) in [5.74, 6) is 0. The van der Waals surface area contributed by atoms with Crippen molar-refractivity contribution in [2.24, 2.45) is 0 Å². The van der Waals surface area contributed by atoms with Crippen molar-refractivity contribution < 1.29 is 0 Å². The molecule has 4 nitrogen and oxygen atoms in total. The average molecular weight is 731 g/mol. The van der Waals surface area contributed by atoms with Crippen LogP contribution in [0.5, 0.6) is 0 Å². The maximum absolute atomic E-state index is 2.54. The van der Waals surface area contributed by atoms with Crippen LogP contribution in [0.1, 0.15) is 0 Å². The van der Waals surface area contributed by atoms with Gasteiger partial charge in [0.1, 0.15) is 16.4 Å². The molecule has 2 aliphatic heterocycles. The monoisotopic (exact) mass is 730 g/mol. The van der Waals surface area contributed by atoms with Gasteiger partial charge in [-0.25, -0.2) is 0 Å². The molecule has 0 amide bonds. The lowest BCUT2D eigenvalue weighted by Crippen LogP contribution is -2.23. The Labute approximate surface area is 319 Å². The molecule has 2 aliphatic rings. The van der Waals surface area contributed by atoms with Crippen LogP contribution in [0.4, 0.5) is 45.5 Å². The third-order valence-electron chi connectivity index (χ3n) is 9.92. The van der Waals surface area contributed by atoms with Crippen molar-refractivity contribution in [2.75, 3.05) is 18.7 Å². The van der Waals surface area contributed by atoms with Crippen molar-refractivity contribution in [1.29, 1.82) is 0 Å². The SMILES string of the molecule is c1ccc(N2c3ccccc3N(c3ccccc3)P2c2cccc(-c3cccc(P4N(c5ccccc5)c5ccccc5N4c4ccccc4)c3)c2)cc1. The number of rotatable bonds is 7. The molecule has 0 bridgehead atoms. The van der Waals surface area contributed by atoms with Crippen molar-refractivity contribution in [3.63, 3.8) is 0 Å². The second-order valence-corrected chi connectivity index (χ2v) is 17.0. The highest BCUT2D eigenvalue weighted by Gasteiger charge is 2.41. The van der Waals surface area contributed by atoms with Crippen LogP contribution in [0.25, 0.3) is 11.1 Å². The van der Waals surface area contributed by atoms with Gasteiger partial charge in [-0.3, -0.25) is 18.7 Å². The maximum Gasteiger partial charge on any atom is 0.138 e. The molecular formula is C48H36N4P2. The number of nitrogens with zero attached hydrogens (tertiary/aromatic N) is 4. The van der Waals surface area contributed by atoms with Gasteiger partial charge in [0.05, 0.1) is 22.7 Å². The van der Waals surface area contributed by atoms with Gasteiger partial charge in [0, 0.05) is 33.4 Å². The molecule has 8 aromatic carbocycles. The van der Waals surface area contributed by atoms with E-state index in [0.717, 1.165) is 0 Å². The lowest BCUT2D eigenvalue weighted by Gasteiger charge is -2.33. The van der Waals surface area contributed by atoms with Crippen LogP contribution in [-0.2, 0) is 0 Å². The average Bonchev–Trinajstić information content (AvgIpc) is 3.79. The molecule has 0 spiro atoms. The normalized spacial score (nSPS) is 14.0. The summed E-state index contributed by atoms with van der Waals surface area (Å²) in [5, 5.41) is 2.57. The molecule has 258 valence electrons. The molecular weight excluding hydrogens is 695 g/mol. The molecule has 10 rings (SSSR count). The van der Waals surface area contributed by atoms with Crippen LogP contribution in [0.3, 0.4) is 0 Å². The minimum atomic E-state index is -1.02. The fourth-order valence-electron chi connectivity index (χ4n) is 7.58. The molecule has 0 N–H and O–H groups in total. The van der Waals surface area contributed by atoms with E-state index in [2.05, 4.69) is 237 Å². The number of anilines is 8. The molecule has 54 heavy (non-hydrogen) atoms. The summed E-state index contributed by atoms with van der Waals surface area (Å²) in [6, 6.07) is 79.4. The summed E-state index contributed by atoms with van der Waals surface area (Å²) >= 11 is 0. The Hall–Kier alpha value is -6.18. The van der Waals surface area contributed by atoms with E-state index in [0.29, 0.717) is 0 Å². The summed E-state index contributed by atoms with van der Waals surface area (Å²) in [5.41, 5.74) is 12.0. The molecule has 2 heterocycles. The minimum absolute atomic E-state index is 1.02. The van der Waals surface area contributed by atoms with Gasteiger partial charge < -0.3 is 0 Å². The topological polar surface area (TPSA) is 13.0 Å². The van der Waals surface area contributed by atoms with Crippen LogP contribution < -0.4 is 29.3 Å². The lowest BCUT2D eigenvalue weighted by atomic mass is 10.1. The van der Waals surface area contributed by atoms with Crippen LogP contribution in [0.15, 0.2) is 218 Å². The highest BCUT2D eigenvalue weighted by Crippen LogP contribution is 2.66. The molecule has 0 radical (unpaired) electrons. The van der Waals surface area contributed by atoms with Gasteiger partial charge in [0.2, 0.25) is 0 Å². The first kappa shape index (κ1) is 32.5. The van der Waals surface area contributed by atoms with E-state index in [1.54, 1.807) is 0 Å². The van der Waals surface area contributed by atoms with E-state index < -0.39 is 16.4 Å². The fourth-order valence-corrected chi connectivity index (χ4v) is 12.7. The molecule has 6 heteroatoms. The molecule has 0 atom stereocenters. The second-order valence-electron chi connectivity index (χ2n) is 13.2. The van der Waals surface area contributed by atoms with Crippen molar-refractivity contribution in [2.45, 2.75) is 0 Å². The molecule has 0 fully saturated rings. The molecule has 0 aromatic heterocycles. The summed E-state index contributed by atoms with van der Waals surface area (Å²) in [6.07, 6.45) is 0. The van der Waals surface area contributed by atoms with Crippen LogP contribution >= 0.6 is 16.4 Å². The van der Waals surface area contributed by atoms with Crippen molar-refractivity contribution in [1.82, 2.24) is 0 Å². The van der Waals surface area contributed by atoms with Gasteiger partial charge in [0.25, 0.3) is 0 Å². The first-order chi connectivity index (χ1) is 26.8. The lowest BCUT2D eigenvalue weighted by molar-refractivity contribution is 1.44. The van der Waals surface area contributed by atoms with Crippen LogP contribution in [-0.4, -0.2) is 0 Å². The standard InChI is InChI=1S/C48H36N4P2/c1-5-21-39(22-6-1)49-45-31-13-14-32-46(45)50(40-23-7-2-8-24-40)53(49)43-29-17-19-37(35-43)38-20-18-30-44(36-38)54-51(41-25-9-3-10-26-41)47-33-15-16-34-48(47)52(54)42-27-11-4-12-28-42/h1-36H. The van der Waals surface area contributed by atoms with E-state index in [9.17, 15) is 0 Å². The Balaban J connectivity index is 1.11. The molecule has 0 unspecified atom stereocenters. The zero-order valence-corrected chi connectivity index (χ0v) is 31.3. The fraction of sp³-hybridized carbons (Fsp3) is 0. The number of benzene rings is 8. The number of hydrogen-bond donors (Lipinski definition) is 0. The number of hydrogen-bond acceptors (Lipinski definition) is 4. The first-order valence-corrected chi connectivity index (χ1v) is 20.7. The summed E-state index contributed by atoms with van der Waals surface area (Å²) in [7, 11) is -2.04. The zero-order valence-electron chi connectivity index (χ0n) is 29.5. The van der Waals surface area contributed by atoms with Crippen LogP contribution in [0.2, 0.25) is 0 Å². The molecule has 8 aromatic rings. The van der Waals surface area contributed by atoms with Gasteiger partial charge in [-0.1, -0.05) is 133 Å². The Kier molecular flexibility index (Phi) is 8.41. The van der Waals surface area contributed by atoms with E-state index in [4.69, 9.17) is 0 Å². The van der Waals surface area contributed by atoms with Crippen molar-refractivity contribution in [3.8, 4) is 11.1 Å². The Morgan fingerprint density at radius 2 is 0.500 bits per heavy atom. The van der Waals surface area contributed by atoms with Gasteiger partial charge in [-0.15, -0.1) is 0 Å². The van der Waals surface area contributed by atoms with Gasteiger partial charge in [0.15, 0.2) is 0 Å².